The molecule has 3 atom stereocenters. The van der Waals surface area contributed by atoms with Crippen LogP contribution >= 0.6 is 0 Å². The van der Waals surface area contributed by atoms with Gasteiger partial charge in [-0.25, -0.2) is 0 Å². The van der Waals surface area contributed by atoms with Gasteiger partial charge in [-0.05, 0) is 50.8 Å². The van der Waals surface area contributed by atoms with E-state index in [1.54, 1.807) is 0 Å². The predicted molar refractivity (Wildman–Crippen MR) is 75.6 cm³/mol. The van der Waals surface area contributed by atoms with Crippen LogP contribution in [0.1, 0.15) is 37.7 Å². The van der Waals surface area contributed by atoms with Gasteiger partial charge in [-0.2, -0.15) is 0 Å². The number of hydrogen-bond acceptors (Lipinski definition) is 3. The molecule has 2 aliphatic rings. The number of rotatable bonds is 2. The summed E-state index contributed by atoms with van der Waals surface area (Å²) in [6, 6.07) is 8.73. The zero-order valence-corrected chi connectivity index (χ0v) is 11.8. The first-order valence-corrected chi connectivity index (χ1v) is 7.22. The quantitative estimate of drug-likeness (QED) is 0.887. The van der Waals surface area contributed by atoms with Crippen LogP contribution in [0.3, 0.4) is 0 Å². The zero-order chi connectivity index (χ0) is 13.5. The molecule has 0 aliphatic carbocycles. The minimum absolute atomic E-state index is 0.425. The smallest absolute Gasteiger partial charge is 0.122 e. The van der Waals surface area contributed by atoms with E-state index in [0.717, 1.165) is 38.2 Å². The first-order valence-electron chi connectivity index (χ1n) is 7.22. The lowest BCUT2D eigenvalue weighted by Crippen LogP contribution is -2.34. The van der Waals surface area contributed by atoms with Crippen LogP contribution in [0.5, 0.6) is 5.75 Å². The van der Waals surface area contributed by atoms with Crippen LogP contribution in [0.15, 0.2) is 24.3 Å². The molecule has 0 amide bonds. The molecular weight excluding hydrogens is 238 g/mol. The summed E-state index contributed by atoms with van der Waals surface area (Å²) >= 11 is 0. The molecule has 104 valence electrons. The highest BCUT2D eigenvalue weighted by Gasteiger charge is 2.41. The second-order valence-electron chi connectivity index (χ2n) is 6.27. The molecule has 3 heteroatoms. The molecule has 3 rings (SSSR count). The van der Waals surface area contributed by atoms with Gasteiger partial charge < -0.3 is 14.7 Å². The average molecular weight is 261 g/mol. The standard InChI is InChI=1S/C16H23NO2/c1-12-9-16(18,11-17(12)2)10-13-7-8-19-15-6-4-3-5-14(13)15/h3-6,12-13,18H,7-11H2,1-2H3. The zero-order valence-electron chi connectivity index (χ0n) is 11.8. The summed E-state index contributed by atoms with van der Waals surface area (Å²) < 4.78 is 5.70. The molecule has 1 aromatic carbocycles. The highest BCUT2D eigenvalue weighted by Crippen LogP contribution is 2.41. The van der Waals surface area contributed by atoms with E-state index in [9.17, 15) is 5.11 Å². The number of β-amino-alcohol motifs (C(OH)–C–C–N with tert-alkyl or cyclic N) is 1. The normalized spacial score (nSPS) is 34.9. The number of benzene rings is 1. The number of para-hydroxylation sites is 1. The Hall–Kier alpha value is -1.06. The van der Waals surface area contributed by atoms with Crippen LogP contribution in [0.2, 0.25) is 0 Å². The van der Waals surface area contributed by atoms with Crippen LogP contribution in [0.25, 0.3) is 0 Å². The van der Waals surface area contributed by atoms with Gasteiger partial charge in [0.25, 0.3) is 0 Å². The molecule has 0 radical (unpaired) electrons. The van der Waals surface area contributed by atoms with E-state index < -0.39 is 5.60 Å². The molecule has 0 spiro atoms. The van der Waals surface area contributed by atoms with Crippen LogP contribution in [-0.4, -0.2) is 41.8 Å². The highest BCUT2D eigenvalue weighted by atomic mass is 16.5. The largest absolute Gasteiger partial charge is 0.493 e. The summed E-state index contributed by atoms with van der Waals surface area (Å²) in [4.78, 5) is 2.26. The van der Waals surface area contributed by atoms with E-state index in [-0.39, 0.29) is 0 Å². The topological polar surface area (TPSA) is 32.7 Å². The molecule has 2 aliphatic heterocycles. The highest BCUT2D eigenvalue weighted by molar-refractivity contribution is 5.38. The Bertz CT molecular complexity index is 450. The third-order valence-electron chi connectivity index (χ3n) is 4.68. The van der Waals surface area contributed by atoms with E-state index in [2.05, 4.69) is 31.0 Å². The molecule has 1 saturated heterocycles. The van der Waals surface area contributed by atoms with E-state index in [0.29, 0.717) is 12.0 Å². The Kier molecular flexibility index (Phi) is 3.27. The van der Waals surface area contributed by atoms with Crippen molar-refractivity contribution in [1.29, 1.82) is 0 Å². The first-order chi connectivity index (χ1) is 9.07. The predicted octanol–water partition coefficient (Wildman–Crippen LogP) is 2.40. The second kappa shape index (κ2) is 4.80. The maximum atomic E-state index is 10.8. The van der Waals surface area contributed by atoms with Gasteiger partial charge in [0, 0.05) is 12.6 Å². The number of likely N-dealkylation sites (tertiary alicyclic amines) is 1. The number of ether oxygens (including phenoxy) is 1. The molecule has 0 bridgehead atoms. The third kappa shape index (κ3) is 2.49. The van der Waals surface area contributed by atoms with Gasteiger partial charge in [-0.3, -0.25) is 0 Å². The monoisotopic (exact) mass is 261 g/mol. The molecule has 0 aromatic heterocycles. The van der Waals surface area contributed by atoms with Crippen molar-refractivity contribution in [1.82, 2.24) is 4.90 Å². The number of fused-ring (bicyclic) bond motifs is 1. The Morgan fingerprint density at radius 1 is 1.42 bits per heavy atom. The summed E-state index contributed by atoms with van der Waals surface area (Å²) in [5.41, 5.74) is 0.730. The Morgan fingerprint density at radius 2 is 2.21 bits per heavy atom. The summed E-state index contributed by atoms with van der Waals surface area (Å²) in [5.74, 6) is 1.43. The molecular formula is C16H23NO2. The van der Waals surface area contributed by atoms with Crippen molar-refractivity contribution in [3.8, 4) is 5.75 Å². The third-order valence-corrected chi connectivity index (χ3v) is 4.68. The van der Waals surface area contributed by atoms with E-state index in [1.807, 2.05) is 12.1 Å². The molecule has 2 heterocycles. The van der Waals surface area contributed by atoms with Crippen LogP contribution in [0.4, 0.5) is 0 Å². The van der Waals surface area contributed by atoms with Gasteiger partial charge in [0.05, 0.1) is 12.2 Å². The number of nitrogens with zero attached hydrogens (tertiary/aromatic N) is 1. The lowest BCUT2D eigenvalue weighted by Gasteiger charge is -2.32. The van der Waals surface area contributed by atoms with Gasteiger partial charge in [0.1, 0.15) is 5.75 Å². The Morgan fingerprint density at radius 3 is 2.95 bits per heavy atom. The van der Waals surface area contributed by atoms with Crippen molar-refractivity contribution < 1.29 is 9.84 Å². The van der Waals surface area contributed by atoms with Crippen LogP contribution in [-0.2, 0) is 0 Å². The Labute approximate surface area is 115 Å². The van der Waals surface area contributed by atoms with Gasteiger partial charge >= 0.3 is 0 Å². The number of aliphatic hydroxyl groups is 1. The first kappa shape index (κ1) is 12.9. The van der Waals surface area contributed by atoms with Crippen molar-refractivity contribution in [2.24, 2.45) is 0 Å². The second-order valence-corrected chi connectivity index (χ2v) is 6.27. The van der Waals surface area contributed by atoms with Gasteiger partial charge in [0.15, 0.2) is 0 Å². The minimum Gasteiger partial charge on any atom is -0.493 e. The summed E-state index contributed by atoms with van der Waals surface area (Å²) in [5, 5.41) is 10.8. The van der Waals surface area contributed by atoms with Gasteiger partial charge in [0.2, 0.25) is 0 Å². The summed E-state index contributed by atoms with van der Waals surface area (Å²) in [6.07, 6.45) is 2.74. The number of hydrogen-bond donors (Lipinski definition) is 1. The van der Waals surface area contributed by atoms with Crippen molar-refractivity contribution in [3.63, 3.8) is 0 Å². The maximum absolute atomic E-state index is 10.8. The number of likely N-dealkylation sites (N-methyl/N-ethyl adjacent to an activating group) is 1. The van der Waals surface area contributed by atoms with E-state index in [4.69, 9.17) is 4.74 Å². The van der Waals surface area contributed by atoms with Crippen molar-refractivity contribution in [2.45, 2.75) is 43.7 Å². The minimum atomic E-state index is -0.538. The molecule has 1 aromatic rings. The van der Waals surface area contributed by atoms with Gasteiger partial charge in [-0.15, -0.1) is 0 Å². The van der Waals surface area contributed by atoms with E-state index in [1.165, 1.54) is 5.56 Å². The summed E-state index contributed by atoms with van der Waals surface area (Å²) in [7, 11) is 2.10. The van der Waals surface area contributed by atoms with Crippen LogP contribution in [0, 0.1) is 0 Å². The molecule has 0 saturated carbocycles. The van der Waals surface area contributed by atoms with Crippen molar-refractivity contribution in [2.75, 3.05) is 20.2 Å². The summed E-state index contributed by atoms with van der Waals surface area (Å²) in [6.45, 7) is 3.74. The molecule has 1 fully saturated rings. The fourth-order valence-corrected chi connectivity index (χ4v) is 3.62. The molecule has 1 N–H and O–H groups in total. The molecule has 3 nitrogen and oxygen atoms in total. The fourth-order valence-electron chi connectivity index (χ4n) is 3.62. The fraction of sp³-hybridized carbons (Fsp3) is 0.625. The molecule has 3 unspecified atom stereocenters. The average Bonchev–Trinajstić information content (AvgIpc) is 2.63. The van der Waals surface area contributed by atoms with E-state index >= 15 is 0 Å². The van der Waals surface area contributed by atoms with Crippen molar-refractivity contribution >= 4 is 0 Å². The lowest BCUT2D eigenvalue weighted by atomic mass is 9.81. The maximum Gasteiger partial charge on any atom is 0.122 e. The SMILES string of the molecule is CC1CC(O)(CC2CCOc3ccccc32)CN1C. The lowest BCUT2D eigenvalue weighted by molar-refractivity contribution is 0.0313. The van der Waals surface area contributed by atoms with Crippen molar-refractivity contribution in [3.05, 3.63) is 29.8 Å². The van der Waals surface area contributed by atoms with Gasteiger partial charge in [-0.1, -0.05) is 18.2 Å². The molecule has 19 heavy (non-hydrogen) atoms. The van der Waals surface area contributed by atoms with Crippen LogP contribution < -0.4 is 4.74 Å². The Balaban J connectivity index is 1.78.